The molecule has 0 aromatic carbocycles. The molecule has 0 fully saturated rings. The number of hydrogen-bond acceptors (Lipinski definition) is 4. The van der Waals surface area contributed by atoms with Gasteiger partial charge in [0.25, 0.3) is 0 Å². The topological polar surface area (TPSA) is 82.5 Å². The molecule has 0 unspecified atom stereocenters. The van der Waals surface area contributed by atoms with Crippen LogP contribution in [0.2, 0.25) is 0 Å². The van der Waals surface area contributed by atoms with Crippen molar-refractivity contribution in [1.29, 1.82) is 0 Å². The number of hydrogen-bond donors (Lipinski definition) is 3. The van der Waals surface area contributed by atoms with Crippen LogP contribution in [-0.4, -0.2) is 45.3 Å². The molecule has 1 aromatic rings. The van der Waals surface area contributed by atoms with E-state index in [1.807, 2.05) is 0 Å². The zero-order valence-electron chi connectivity index (χ0n) is 14.9. The molecule has 0 bridgehead atoms. The Morgan fingerprint density at radius 3 is 2.82 bits per heavy atom. The van der Waals surface area contributed by atoms with Crippen LogP contribution in [-0.2, 0) is 23.9 Å². The van der Waals surface area contributed by atoms with Gasteiger partial charge in [-0.2, -0.15) is 25.8 Å². The van der Waals surface area contributed by atoms with Crippen molar-refractivity contribution in [3.63, 3.8) is 0 Å². The van der Waals surface area contributed by atoms with Gasteiger partial charge < -0.3 is 15.3 Å². The Bertz CT molecular complexity index is 815. The van der Waals surface area contributed by atoms with Crippen molar-refractivity contribution in [2.45, 2.75) is 38.0 Å². The predicted molar refractivity (Wildman–Crippen MR) is 98.0 cm³/mol. The standard InChI is InChI=1S/C18H20F3N3O3S/c19-18(20,21)12-7-11-10-24(5-2-14(11)22-9-12)15(25)17(4-6-28)3-1-13(8-17)23-16(26)27/h1,3,7,9,13,23,28H,2,4-6,8,10H2,(H,26,27)/t13-,17-/m1/s1. The first-order valence-corrected chi connectivity index (χ1v) is 9.42. The highest BCUT2D eigenvalue weighted by Gasteiger charge is 2.44. The number of nitrogens with one attached hydrogen (secondary N) is 1. The molecule has 1 aliphatic heterocycles. The van der Waals surface area contributed by atoms with E-state index in [1.54, 1.807) is 12.2 Å². The minimum absolute atomic E-state index is 0.0459. The number of nitrogens with zero attached hydrogens (tertiary/aromatic N) is 2. The minimum Gasteiger partial charge on any atom is -0.465 e. The van der Waals surface area contributed by atoms with Crippen molar-refractivity contribution >= 4 is 24.6 Å². The molecule has 2 N–H and O–H groups in total. The number of fused-ring (bicyclic) bond motifs is 1. The molecule has 2 atom stereocenters. The summed E-state index contributed by atoms with van der Waals surface area (Å²) in [7, 11) is 0. The summed E-state index contributed by atoms with van der Waals surface area (Å²) in [5.74, 6) is 0.190. The number of thiol groups is 1. The summed E-state index contributed by atoms with van der Waals surface area (Å²) in [6, 6.07) is 0.559. The molecule has 1 aromatic heterocycles. The third-order valence-corrected chi connectivity index (χ3v) is 5.40. The van der Waals surface area contributed by atoms with Gasteiger partial charge in [-0.25, -0.2) is 4.79 Å². The summed E-state index contributed by atoms with van der Waals surface area (Å²) in [5, 5.41) is 11.3. The molecule has 10 heteroatoms. The van der Waals surface area contributed by atoms with Crippen LogP contribution in [0.1, 0.15) is 29.7 Å². The number of aromatic nitrogens is 1. The molecule has 2 heterocycles. The third-order valence-electron chi connectivity index (χ3n) is 5.18. The van der Waals surface area contributed by atoms with Gasteiger partial charge >= 0.3 is 12.3 Å². The van der Waals surface area contributed by atoms with Crippen molar-refractivity contribution in [2.75, 3.05) is 12.3 Å². The maximum Gasteiger partial charge on any atom is 0.417 e. The lowest BCUT2D eigenvalue weighted by Crippen LogP contribution is -2.46. The first kappa shape index (κ1) is 20.5. The smallest absolute Gasteiger partial charge is 0.417 e. The number of rotatable bonds is 4. The fourth-order valence-corrected chi connectivity index (χ4v) is 4.21. The molecule has 0 saturated heterocycles. The number of amides is 2. The molecule has 3 rings (SSSR count). The second kappa shape index (κ2) is 7.65. The summed E-state index contributed by atoms with van der Waals surface area (Å²) < 4.78 is 38.9. The van der Waals surface area contributed by atoms with Crippen molar-refractivity contribution < 1.29 is 27.9 Å². The van der Waals surface area contributed by atoms with Gasteiger partial charge in [0.2, 0.25) is 5.91 Å². The predicted octanol–water partition coefficient (Wildman–Crippen LogP) is 2.89. The Kier molecular flexibility index (Phi) is 5.60. The SMILES string of the molecule is O=C(O)N[C@@H]1C=C[C@](CCS)(C(=O)N2CCc3ncc(C(F)(F)F)cc3C2)C1. The van der Waals surface area contributed by atoms with Crippen molar-refractivity contribution in [3.05, 3.63) is 41.2 Å². The molecular weight excluding hydrogens is 395 g/mol. The van der Waals surface area contributed by atoms with Crippen LogP contribution >= 0.6 is 12.6 Å². The second-order valence-electron chi connectivity index (χ2n) is 7.05. The summed E-state index contributed by atoms with van der Waals surface area (Å²) in [4.78, 5) is 29.6. The van der Waals surface area contributed by atoms with E-state index in [1.165, 1.54) is 4.90 Å². The Hall–Kier alpha value is -2.23. The fraction of sp³-hybridized carbons (Fsp3) is 0.500. The van der Waals surface area contributed by atoms with Gasteiger partial charge in [0.15, 0.2) is 0 Å². The molecule has 0 saturated carbocycles. The van der Waals surface area contributed by atoms with Crippen molar-refractivity contribution in [1.82, 2.24) is 15.2 Å². The van der Waals surface area contributed by atoms with Gasteiger partial charge in [0.05, 0.1) is 17.0 Å². The number of carbonyl (C=O) groups is 2. The zero-order chi connectivity index (χ0) is 20.5. The van der Waals surface area contributed by atoms with E-state index in [0.29, 0.717) is 36.4 Å². The van der Waals surface area contributed by atoms with E-state index in [2.05, 4.69) is 22.9 Å². The molecule has 1 aliphatic carbocycles. The number of carboxylic acid groups (broad SMARTS) is 1. The van der Waals surface area contributed by atoms with Gasteiger partial charge in [0.1, 0.15) is 0 Å². The zero-order valence-corrected chi connectivity index (χ0v) is 15.8. The lowest BCUT2D eigenvalue weighted by atomic mass is 9.81. The molecule has 0 radical (unpaired) electrons. The number of carbonyl (C=O) groups excluding carboxylic acids is 1. The first-order chi connectivity index (χ1) is 13.1. The minimum atomic E-state index is -4.49. The van der Waals surface area contributed by atoms with E-state index in [-0.39, 0.29) is 18.9 Å². The van der Waals surface area contributed by atoms with E-state index in [9.17, 15) is 22.8 Å². The maximum absolute atomic E-state index is 13.3. The van der Waals surface area contributed by atoms with Crippen molar-refractivity contribution in [2.24, 2.45) is 5.41 Å². The summed E-state index contributed by atoms with van der Waals surface area (Å²) in [6.07, 6.45) is -0.455. The average Bonchev–Trinajstić information content (AvgIpc) is 3.02. The fourth-order valence-electron chi connectivity index (χ4n) is 3.81. The monoisotopic (exact) mass is 415 g/mol. The van der Waals surface area contributed by atoms with E-state index in [4.69, 9.17) is 5.11 Å². The van der Waals surface area contributed by atoms with E-state index in [0.717, 1.165) is 12.3 Å². The highest BCUT2D eigenvalue weighted by Crippen LogP contribution is 2.39. The van der Waals surface area contributed by atoms with Crippen LogP contribution in [0.3, 0.4) is 0 Å². The molecule has 152 valence electrons. The van der Waals surface area contributed by atoms with Crippen LogP contribution in [0.25, 0.3) is 0 Å². The third kappa shape index (κ3) is 4.11. The van der Waals surface area contributed by atoms with Gasteiger partial charge in [-0.1, -0.05) is 12.2 Å². The Morgan fingerprint density at radius 2 is 2.18 bits per heavy atom. The van der Waals surface area contributed by atoms with Crippen LogP contribution < -0.4 is 5.32 Å². The number of alkyl halides is 3. The van der Waals surface area contributed by atoms with Gasteiger partial charge in [-0.05, 0) is 30.2 Å². The van der Waals surface area contributed by atoms with Crippen LogP contribution in [0.15, 0.2) is 24.4 Å². The van der Waals surface area contributed by atoms with Gasteiger partial charge in [-0.15, -0.1) is 0 Å². The first-order valence-electron chi connectivity index (χ1n) is 8.79. The summed E-state index contributed by atoms with van der Waals surface area (Å²) >= 11 is 4.22. The van der Waals surface area contributed by atoms with Crippen molar-refractivity contribution in [3.8, 4) is 0 Å². The highest BCUT2D eigenvalue weighted by molar-refractivity contribution is 7.80. The summed E-state index contributed by atoms with van der Waals surface area (Å²) in [5.41, 5.74) is -0.802. The Labute approximate surface area is 165 Å². The molecule has 0 spiro atoms. The molecule has 2 aliphatic rings. The number of pyridine rings is 1. The maximum atomic E-state index is 13.3. The Morgan fingerprint density at radius 1 is 1.43 bits per heavy atom. The van der Waals surface area contributed by atoms with Crippen LogP contribution in [0.5, 0.6) is 0 Å². The quantitative estimate of drug-likeness (QED) is 0.522. The second-order valence-corrected chi connectivity index (χ2v) is 7.50. The molecule has 2 amide bonds. The van der Waals surface area contributed by atoms with Gasteiger partial charge in [0, 0.05) is 31.4 Å². The lowest BCUT2D eigenvalue weighted by molar-refractivity contribution is -0.140. The van der Waals surface area contributed by atoms with Crippen LogP contribution in [0.4, 0.5) is 18.0 Å². The molecule has 6 nitrogen and oxygen atoms in total. The molecule has 28 heavy (non-hydrogen) atoms. The Balaban J connectivity index is 1.81. The lowest BCUT2D eigenvalue weighted by Gasteiger charge is -2.36. The molecular formula is C18H20F3N3O3S. The summed E-state index contributed by atoms with van der Waals surface area (Å²) in [6.45, 7) is 0.396. The largest absolute Gasteiger partial charge is 0.465 e. The average molecular weight is 415 g/mol. The van der Waals surface area contributed by atoms with Gasteiger partial charge in [-0.3, -0.25) is 9.78 Å². The van der Waals surface area contributed by atoms with E-state index >= 15 is 0 Å². The number of halogens is 3. The highest BCUT2D eigenvalue weighted by atomic mass is 32.1. The normalized spacial score (nSPS) is 24.1. The van der Waals surface area contributed by atoms with E-state index < -0.39 is 29.3 Å². The van der Waals surface area contributed by atoms with Crippen LogP contribution in [0, 0.1) is 5.41 Å².